The van der Waals surface area contributed by atoms with Gasteiger partial charge in [0, 0.05) is 18.6 Å². The number of aromatic nitrogens is 2. The average Bonchev–Trinajstić information content (AvgIpc) is 2.61. The topological polar surface area (TPSA) is 67.0 Å². The lowest BCUT2D eigenvalue weighted by Gasteiger charge is -1.95. The summed E-state index contributed by atoms with van der Waals surface area (Å²) in [5.41, 5.74) is 0.996. The highest BCUT2D eigenvalue weighted by Crippen LogP contribution is 2.06. The van der Waals surface area contributed by atoms with Gasteiger partial charge in [0.15, 0.2) is 0 Å². The summed E-state index contributed by atoms with van der Waals surface area (Å²) in [4.78, 5) is 22.7. The number of aryl methyl sites for hydroxylation is 1. The third-order valence-corrected chi connectivity index (χ3v) is 2.34. The summed E-state index contributed by atoms with van der Waals surface area (Å²) in [6.07, 6.45) is 0. The molecule has 0 atom stereocenters. The van der Waals surface area contributed by atoms with Gasteiger partial charge in [-0.15, -0.1) is 0 Å². The Hall–Kier alpha value is -2.17. The molecule has 0 unspecified atom stereocenters. The average molecular weight is 219 g/mol. The van der Waals surface area contributed by atoms with Gasteiger partial charge < -0.3 is 0 Å². The van der Waals surface area contributed by atoms with Crippen molar-refractivity contribution in [3.05, 3.63) is 45.9 Å². The molecule has 1 aromatic carbocycles. The van der Waals surface area contributed by atoms with E-state index in [1.807, 2.05) is 25.1 Å². The van der Waals surface area contributed by atoms with Gasteiger partial charge in [0.1, 0.15) is 0 Å². The Morgan fingerprint density at radius 3 is 2.69 bits per heavy atom. The van der Waals surface area contributed by atoms with Crippen LogP contribution in [0.4, 0.5) is 0 Å². The first-order chi connectivity index (χ1) is 7.61. The summed E-state index contributed by atoms with van der Waals surface area (Å²) in [6, 6.07) is 7.39. The Balaban J connectivity index is 2.71. The molecule has 1 aromatic heterocycles. The Morgan fingerprint density at radius 2 is 2.06 bits per heavy atom. The van der Waals surface area contributed by atoms with Crippen LogP contribution in [0.25, 0.3) is 5.69 Å². The van der Waals surface area contributed by atoms with Crippen LogP contribution in [-0.4, -0.2) is 11.1 Å². The second kappa shape index (κ2) is 3.77. The first-order valence-electron chi connectivity index (χ1n) is 4.81. The van der Waals surface area contributed by atoms with Crippen LogP contribution in [0.15, 0.2) is 33.6 Å². The Morgan fingerprint density at radius 1 is 1.38 bits per heavy atom. The van der Waals surface area contributed by atoms with Crippen molar-refractivity contribution in [2.75, 3.05) is 0 Å². The quantitative estimate of drug-likeness (QED) is 0.598. The van der Waals surface area contributed by atoms with E-state index in [9.17, 15) is 9.59 Å². The molecular formula is C11H11N2O3+. The molecule has 0 aliphatic rings. The monoisotopic (exact) mass is 219 g/mol. The minimum absolute atomic E-state index is 0.00528. The van der Waals surface area contributed by atoms with Crippen molar-refractivity contribution >= 4 is 5.78 Å². The zero-order chi connectivity index (χ0) is 11.7. The van der Waals surface area contributed by atoms with Crippen LogP contribution in [0.1, 0.15) is 23.0 Å². The van der Waals surface area contributed by atoms with Gasteiger partial charge in [0.25, 0.3) is 0 Å². The number of aromatic amines is 1. The third kappa shape index (κ3) is 1.56. The van der Waals surface area contributed by atoms with Crippen LogP contribution in [0, 0.1) is 6.92 Å². The summed E-state index contributed by atoms with van der Waals surface area (Å²) >= 11 is 0. The minimum atomic E-state index is -0.657. The third-order valence-electron chi connectivity index (χ3n) is 2.34. The molecule has 5 heteroatoms. The molecule has 2 aromatic rings. The highest BCUT2D eigenvalue weighted by molar-refractivity contribution is 5.90. The molecule has 82 valence electrons. The van der Waals surface area contributed by atoms with Gasteiger partial charge in [-0.25, -0.2) is 4.79 Å². The number of H-pyrrole nitrogens is 1. The predicted molar refractivity (Wildman–Crippen MR) is 55.6 cm³/mol. The maximum Gasteiger partial charge on any atom is 0.438 e. The first-order valence-corrected chi connectivity index (χ1v) is 4.81. The van der Waals surface area contributed by atoms with Gasteiger partial charge >= 0.3 is 11.3 Å². The number of carbonyl (C=O) groups is 1. The summed E-state index contributed by atoms with van der Waals surface area (Å²) < 4.78 is 5.99. The fourth-order valence-corrected chi connectivity index (χ4v) is 1.56. The summed E-state index contributed by atoms with van der Waals surface area (Å²) in [5.74, 6) is -0.335. The van der Waals surface area contributed by atoms with Crippen LogP contribution in [0.3, 0.4) is 0 Å². The normalized spacial score (nSPS) is 10.4. The molecular weight excluding hydrogens is 208 g/mol. The van der Waals surface area contributed by atoms with Crippen molar-refractivity contribution in [3.63, 3.8) is 0 Å². The van der Waals surface area contributed by atoms with Crippen molar-refractivity contribution in [3.8, 4) is 5.69 Å². The molecule has 0 saturated heterocycles. The summed E-state index contributed by atoms with van der Waals surface area (Å²) in [5, 5.41) is 2.42. The summed E-state index contributed by atoms with van der Waals surface area (Å²) in [6.45, 7) is 3.21. The molecule has 2 rings (SSSR count). The van der Waals surface area contributed by atoms with E-state index in [2.05, 4.69) is 9.79 Å². The van der Waals surface area contributed by atoms with Gasteiger partial charge in [0.2, 0.25) is 11.5 Å². The second-order valence-corrected chi connectivity index (χ2v) is 3.51. The standard InChI is InChI=1S/C11H10N2O3/c1-7-5-3-4-6-9(7)13-10(8(2)14)11(15)16-12-13/h3-6H,1-2H3/p+1. The number of ketones is 1. The molecule has 0 bridgehead atoms. The Labute approximate surface area is 91.3 Å². The molecule has 1 heterocycles. The van der Waals surface area contributed by atoms with Crippen molar-refractivity contribution in [2.24, 2.45) is 0 Å². The molecule has 0 aliphatic carbocycles. The van der Waals surface area contributed by atoms with Gasteiger partial charge in [-0.3, -0.25) is 9.32 Å². The lowest BCUT2D eigenvalue weighted by molar-refractivity contribution is -0.672. The highest BCUT2D eigenvalue weighted by Gasteiger charge is 2.28. The van der Waals surface area contributed by atoms with E-state index in [0.29, 0.717) is 0 Å². The predicted octanol–water partition coefficient (Wildman–Crippen LogP) is 0.756. The van der Waals surface area contributed by atoms with E-state index in [1.54, 1.807) is 6.07 Å². The molecule has 0 amide bonds. The van der Waals surface area contributed by atoms with Crippen molar-refractivity contribution in [1.29, 1.82) is 0 Å². The van der Waals surface area contributed by atoms with Gasteiger partial charge in [-0.2, -0.15) is 0 Å². The van der Waals surface area contributed by atoms with E-state index in [1.165, 1.54) is 11.6 Å². The number of para-hydroxylation sites is 1. The van der Waals surface area contributed by atoms with Crippen LogP contribution in [0.5, 0.6) is 0 Å². The molecule has 0 saturated carbocycles. The molecule has 16 heavy (non-hydrogen) atoms. The summed E-state index contributed by atoms with van der Waals surface area (Å²) in [7, 11) is 0. The maximum absolute atomic E-state index is 11.3. The second-order valence-electron chi connectivity index (χ2n) is 3.51. The number of hydrogen-bond acceptors (Lipinski definition) is 3. The van der Waals surface area contributed by atoms with E-state index in [4.69, 9.17) is 0 Å². The van der Waals surface area contributed by atoms with Crippen LogP contribution in [-0.2, 0) is 0 Å². The number of nitrogens with zero attached hydrogens (tertiary/aromatic N) is 1. The first kappa shape index (κ1) is 10.4. The number of carbonyl (C=O) groups excluding carboxylic acids is 1. The van der Waals surface area contributed by atoms with E-state index >= 15 is 0 Å². The number of hydrogen-bond donors (Lipinski definition) is 1. The van der Waals surface area contributed by atoms with Crippen molar-refractivity contribution in [2.45, 2.75) is 13.8 Å². The van der Waals surface area contributed by atoms with Crippen LogP contribution in [0.2, 0.25) is 0 Å². The number of benzene rings is 1. The lowest BCUT2D eigenvalue weighted by atomic mass is 10.2. The molecule has 0 fully saturated rings. The van der Waals surface area contributed by atoms with Gasteiger partial charge in [-0.1, -0.05) is 18.2 Å². The smallest absolute Gasteiger partial charge is 0.287 e. The molecule has 5 nitrogen and oxygen atoms in total. The molecule has 0 aliphatic heterocycles. The Bertz CT molecular complexity index is 595. The molecule has 1 N–H and O–H groups in total. The Kier molecular flexibility index (Phi) is 2.44. The lowest BCUT2D eigenvalue weighted by Crippen LogP contribution is -2.41. The number of Topliss-reactive ketones (excluding diaryl/α,β-unsaturated/α-hetero) is 1. The van der Waals surface area contributed by atoms with E-state index in [-0.39, 0.29) is 11.5 Å². The van der Waals surface area contributed by atoms with Crippen LogP contribution < -0.4 is 10.3 Å². The zero-order valence-corrected chi connectivity index (χ0v) is 8.98. The van der Waals surface area contributed by atoms with Gasteiger partial charge in [0.05, 0.1) is 0 Å². The van der Waals surface area contributed by atoms with E-state index in [0.717, 1.165) is 11.3 Å². The van der Waals surface area contributed by atoms with Gasteiger partial charge in [-0.05, 0) is 16.9 Å². The zero-order valence-electron chi connectivity index (χ0n) is 8.98. The SMILES string of the molecule is CC(=O)c1c(=O)o[nH][n+]1-c1ccccc1C. The molecule has 0 radical (unpaired) electrons. The molecule has 0 spiro atoms. The number of nitrogens with one attached hydrogen (secondary N) is 1. The fraction of sp³-hybridized carbons (Fsp3) is 0.182. The highest BCUT2D eigenvalue weighted by atomic mass is 16.5. The van der Waals surface area contributed by atoms with Crippen molar-refractivity contribution < 1.29 is 14.0 Å². The van der Waals surface area contributed by atoms with Crippen molar-refractivity contribution in [1.82, 2.24) is 5.27 Å². The van der Waals surface area contributed by atoms with Crippen LogP contribution >= 0.6 is 0 Å². The largest absolute Gasteiger partial charge is 0.438 e. The maximum atomic E-state index is 11.3. The van der Waals surface area contributed by atoms with E-state index < -0.39 is 5.63 Å². The minimum Gasteiger partial charge on any atom is -0.287 e. The fourth-order valence-electron chi connectivity index (χ4n) is 1.56. The number of rotatable bonds is 2.